The third-order valence-electron chi connectivity index (χ3n) is 6.25. The van der Waals surface area contributed by atoms with E-state index in [1.54, 1.807) is 6.07 Å². The van der Waals surface area contributed by atoms with E-state index in [4.69, 9.17) is 0 Å². The Bertz CT molecular complexity index is 913. The maximum atomic E-state index is 13.8. The lowest BCUT2D eigenvalue weighted by Gasteiger charge is -2.37. The Balaban J connectivity index is 2.13. The van der Waals surface area contributed by atoms with Gasteiger partial charge < -0.3 is 0 Å². The van der Waals surface area contributed by atoms with Crippen LogP contribution in [0.15, 0.2) is 49.1 Å². The Kier molecular flexibility index (Phi) is 4.85. The number of hydrogen-bond acceptors (Lipinski definition) is 2. The summed E-state index contributed by atoms with van der Waals surface area (Å²) in [7, 11) is 3.89. The van der Waals surface area contributed by atoms with Crippen LogP contribution in [0.3, 0.4) is 0 Å². The van der Waals surface area contributed by atoms with Crippen LogP contribution in [0.1, 0.15) is 55.1 Å². The molecule has 0 N–H and O–H groups in total. The highest BCUT2D eigenvalue weighted by molar-refractivity contribution is 6.04. The molecule has 2 nitrogen and oxygen atoms in total. The predicted molar refractivity (Wildman–Crippen MR) is 110 cm³/mol. The second kappa shape index (κ2) is 6.72. The molecule has 0 fully saturated rings. The van der Waals surface area contributed by atoms with Crippen molar-refractivity contribution >= 4 is 5.78 Å². The van der Waals surface area contributed by atoms with Crippen molar-refractivity contribution in [2.75, 3.05) is 14.1 Å². The van der Waals surface area contributed by atoms with Gasteiger partial charge in [-0.3, -0.25) is 9.69 Å². The minimum absolute atomic E-state index is 0.107. The molecule has 0 spiro atoms. The first kappa shape index (κ1) is 19.5. The Morgan fingerprint density at radius 3 is 2.30 bits per heavy atom. The molecule has 27 heavy (non-hydrogen) atoms. The van der Waals surface area contributed by atoms with E-state index in [9.17, 15) is 9.18 Å². The number of carbonyl (C=O) groups excluding carboxylic acids is 1. The van der Waals surface area contributed by atoms with Gasteiger partial charge in [0.15, 0.2) is 5.78 Å². The minimum Gasteiger partial charge on any atom is -0.297 e. The van der Waals surface area contributed by atoms with Crippen LogP contribution < -0.4 is 0 Å². The van der Waals surface area contributed by atoms with Gasteiger partial charge in [0.2, 0.25) is 0 Å². The van der Waals surface area contributed by atoms with Gasteiger partial charge in [0.25, 0.3) is 0 Å². The summed E-state index contributed by atoms with van der Waals surface area (Å²) in [5.74, 6) is -0.120. The zero-order valence-corrected chi connectivity index (χ0v) is 16.9. The van der Waals surface area contributed by atoms with Crippen LogP contribution in [0.5, 0.6) is 0 Å². The lowest BCUT2D eigenvalue weighted by atomic mass is 9.79. The molecule has 0 aromatic heterocycles. The summed E-state index contributed by atoms with van der Waals surface area (Å²) in [4.78, 5) is 15.5. The molecule has 1 unspecified atom stereocenters. The van der Waals surface area contributed by atoms with E-state index in [1.165, 1.54) is 6.07 Å². The standard InChI is InChI=1S/C24H28FNO/c1-7-13-24(8-2,26(5)6)22(27)16-9-11-18-19-12-10-17(25)15-21(19)23(3,4)20(18)14-16/h7,9-12,14-15H,1,8,13H2,2-6H3. The van der Waals surface area contributed by atoms with Crippen molar-refractivity contribution in [1.82, 2.24) is 4.90 Å². The number of nitrogens with zero attached hydrogens (tertiary/aromatic N) is 1. The lowest BCUT2D eigenvalue weighted by molar-refractivity contribution is 0.0673. The Morgan fingerprint density at radius 1 is 1.15 bits per heavy atom. The normalized spacial score (nSPS) is 16.6. The summed E-state index contributed by atoms with van der Waals surface area (Å²) >= 11 is 0. The summed E-state index contributed by atoms with van der Waals surface area (Å²) in [5.41, 5.74) is 3.95. The maximum Gasteiger partial charge on any atom is 0.183 e. The van der Waals surface area contributed by atoms with Gasteiger partial charge in [-0.25, -0.2) is 4.39 Å². The first-order chi connectivity index (χ1) is 12.7. The summed E-state index contributed by atoms with van der Waals surface area (Å²) in [5, 5.41) is 0. The lowest BCUT2D eigenvalue weighted by Crippen LogP contribution is -2.50. The minimum atomic E-state index is -0.600. The third-order valence-corrected chi connectivity index (χ3v) is 6.25. The van der Waals surface area contributed by atoms with Gasteiger partial charge in [-0.15, -0.1) is 6.58 Å². The second-order valence-corrected chi connectivity index (χ2v) is 8.18. The number of fused-ring (bicyclic) bond motifs is 3. The van der Waals surface area contributed by atoms with Crippen LogP contribution in [0.4, 0.5) is 4.39 Å². The van der Waals surface area contributed by atoms with Crippen LogP contribution in [-0.2, 0) is 5.41 Å². The number of hydrogen-bond donors (Lipinski definition) is 0. The van der Waals surface area contributed by atoms with E-state index in [2.05, 4.69) is 20.4 Å². The highest BCUT2D eigenvalue weighted by Crippen LogP contribution is 2.49. The fourth-order valence-electron chi connectivity index (χ4n) is 4.46. The van der Waals surface area contributed by atoms with Crippen molar-refractivity contribution in [1.29, 1.82) is 0 Å². The topological polar surface area (TPSA) is 20.3 Å². The number of halogens is 1. The van der Waals surface area contributed by atoms with Gasteiger partial charge in [0.05, 0.1) is 5.54 Å². The number of benzene rings is 2. The van der Waals surface area contributed by atoms with E-state index in [0.29, 0.717) is 18.4 Å². The number of carbonyl (C=O) groups is 1. The highest BCUT2D eigenvalue weighted by Gasteiger charge is 2.40. The smallest absolute Gasteiger partial charge is 0.183 e. The molecule has 0 saturated heterocycles. The Morgan fingerprint density at radius 2 is 1.74 bits per heavy atom. The van der Waals surface area contributed by atoms with Gasteiger partial charge in [-0.2, -0.15) is 0 Å². The third kappa shape index (κ3) is 2.85. The fourth-order valence-corrected chi connectivity index (χ4v) is 4.46. The molecule has 0 saturated carbocycles. The van der Waals surface area contributed by atoms with Crippen LogP contribution in [0.2, 0.25) is 0 Å². The van der Waals surface area contributed by atoms with E-state index in [0.717, 1.165) is 22.3 Å². The zero-order chi connectivity index (χ0) is 20.0. The number of Topliss-reactive ketones (excluding diaryl/α,β-unsaturated/α-hetero) is 1. The molecule has 0 radical (unpaired) electrons. The molecule has 0 amide bonds. The van der Waals surface area contributed by atoms with Crippen molar-refractivity contribution in [3.8, 4) is 11.1 Å². The molecule has 2 aromatic carbocycles. The van der Waals surface area contributed by atoms with Gasteiger partial charge in [-0.05, 0) is 67.4 Å². The van der Waals surface area contributed by atoms with Crippen molar-refractivity contribution < 1.29 is 9.18 Å². The summed E-state index contributed by atoms with van der Waals surface area (Å²) in [6.45, 7) is 10.1. The number of likely N-dealkylation sites (N-methyl/N-ethyl adjacent to an activating group) is 1. The fraction of sp³-hybridized carbons (Fsp3) is 0.375. The van der Waals surface area contributed by atoms with Gasteiger partial charge >= 0.3 is 0 Å². The van der Waals surface area contributed by atoms with Crippen molar-refractivity contribution in [2.24, 2.45) is 0 Å². The molecule has 0 aliphatic heterocycles. The molecule has 1 aliphatic rings. The van der Waals surface area contributed by atoms with Crippen molar-refractivity contribution in [3.05, 3.63) is 71.6 Å². The Labute approximate surface area is 161 Å². The summed E-state index contributed by atoms with van der Waals surface area (Å²) < 4.78 is 13.8. The molecule has 3 heteroatoms. The van der Waals surface area contributed by atoms with Crippen LogP contribution in [-0.4, -0.2) is 30.3 Å². The van der Waals surface area contributed by atoms with Gasteiger partial charge in [0, 0.05) is 11.0 Å². The maximum absolute atomic E-state index is 13.8. The molecule has 3 rings (SSSR count). The molecule has 1 aliphatic carbocycles. The molecular weight excluding hydrogens is 337 g/mol. The molecule has 1 atom stereocenters. The molecule has 0 bridgehead atoms. The first-order valence-corrected chi connectivity index (χ1v) is 9.47. The van der Waals surface area contributed by atoms with Crippen LogP contribution in [0.25, 0.3) is 11.1 Å². The molecule has 142 valence electrons. The highest BCUT2D eigenvalue weighted by atomic mass is 19.1. The first-order valence-electron chi connectivity index (χ1n) is 9.47. The number of rotatable bonds is 6. The van der Waals surface area contributed by atoms with Crippen LogP contribution in [0, 0.1) is 5.82 Å². The monoisotopic (exact) mass is 365 g/mol. The molecular formula is C24H28FNO. The predicted octanol–water partition coefficient (Wildman–Crippen LogP) is 5.60. The average Bonchev–Trinajstić information content (AvgIpc) is 2.85. The largest absolute Gasteiger partial charge is 0.297 e. The van der Waals surface area contributed by atoms with Crippen molar-refractivity contribution in [2.45, 2.75) is 44.6 Å². The van der Waals surface area contributed by atoms with Crippen LogP contribution >= 0.6 is 0 Å². The number of ketones is 1. The van der Waals surface area contributed by atoms with Crippen molar-refractivity contribution in [3.63, 3.8) is 0 Å². The van der Waals surface area contributed by atoms with Gasteiger partial charge in [-0.1, -0.05) is 45.0 Å². The summed E-state index contributed by atoms with van der Waals surface area (Å²) in [6.07, 6.45) is 3.12. The van der Waals surface area contributed by atoms with E-state index in [1.807, 2.05) is 56.3 Å². The second-order valence-electron chi connectivity index (χ2n) is 8.18. The van der Waals surface area contributed by atoms with Gasteiger partial charge in [0.1, 0.15) is 5.82 Å². The van der Waals surface area contributed by atoms with E-state index in [-0.39, 0.29) is 17.0 Å². The molecule has 2 aromatic rings. The quantitative estimate of drug-likeness (QED) is 0.490. The molecule has 0 heterocycles. The Hall–Kier alpha value is -2.26. The van der Waals surface area contributed by atoms with E-state index < -0.39 is 5.54 Å². The summed E-state index contributed by atoms with van der Waals surface area (Å²) in [6, 6.07) is 10.9. The SMILES string of the molecule is C=CCC(CC)(C(=O)c1ccc2c(c1)C(C)(C)c1cc(F)ccc1-2)N(C)C. The zero-order valence-electron chi connectivity index (χ0n) is 16.9. The van der Waals surface area contributed by atoms with E-state index >= 15 is 0 Å². The average molecular weight is 365 g/mol.